The molecular weight excluding hydrogens is 287 g/mol. The van der Waals surface area contributed by atoms with Crippen LogP contribution in [0.15, 0.2) is 35.2 Å². The number of rotatable bonds is 8. The van der Waals surface area contributed by atoms with E-state index in [0.29, 0.717) is 13.2 Å². The minimum absolute atomic E-state index is 0.0417. The monoisotopic (exact) mass is 312 g/mol. The van der Waals surface area contributed by atoms with Gasteiger partial charge < -0.3 is 9.05 Å². The summed E-state index contributed by atoms with van der Waals surface area (Å²) in [5, 5.41) is 0. The highest BCUT2D eigenvalue weighted by Gasteiger charge is 2.22. The molecular formula is C16H25O4P. The zero-order valence-corrected chi connectivity index (χ0v) is 14.0. The van der Waals surface area contributed by atoms with Crippen molar-refractivity contribution in [2.75, 3.05) is 13.2 Å². The van der Waals surface area contributed by atoms with Gasteiger partial charge in [0.2, 0.25) is 0 Å². The fraction of sp³-hybridized carbons (Fsp3) is 0.562. The minimum atomic E-state index is -3.27. The lowest BCUT2D eigenvalue weighted by atomic mass is 9.94. The van der Waals surface area contributed by atoms with Gasteiger partial charge in [0.1, 0.15) is 0 Å². The van der Waals surface area contributed by atoms with Crippen molar-refractivity contribution in [1.29, 1.82) is 0 Å². The summed E-state index contributed by atoms with van der Waals surface area (Å²) in [6.45, 7) is 5.69. The van der Waals surface area contributed by atoms with E-state index in [0.717, 1.165) is 30.4 Å². The van der Waals surface area contributed by atoms with Crippen molar-refractivity contribution in [3.63, 3.8) is 0 Å². The topological polar surface area (TPSA) is 52.6 Å². The van der Waals surface area contributed by atoms with Crippen LogP contribution in [0.1, 0.15) is 46.5 Å². The second kappa shape index (κ2) is 9.14. The standard InChI is InChI=1S/C16H25O4P/c1-4-19-21(18,20-5-2)13-16(12-11-14(3)17)15-9-7-6-8-10-15/h9,11-13H,4-8,10H2,1-3H3/b12-11+,16-13-. The van der Waals surface area contributed by atoms with Crippen molar-refractivity contribution in [3.05, 3.63) is 35.2 Å². The smallest absolute Gasteiger partial charge is 0.306 e. The summed E-state index contributed by atoms with van der Waals surface area (Å²) < 4.78 is 23.3. The van der Waals surface area contributed by atoms with Gasteiger partial charge in [0.05, 0.1) is 13.2 Å². The zero-order chi connectivity index (χ0) is 15.7. The molecule has 0 atom stereocenters. The first-order valence-corrected chi connectivity index (χ1v) is 9.11. The van der Waals surface area contributed by atoms with Gasteiger partial charge in [-0.05, 0) is 63.7 Å². The Morgan fingerprint density at radius 3 is 2.38 bits per heavy atom. The third kappa shape index (κ3) is 6.56. The summed E-state index contributed by atoms with van der Waals surface area (Å²) in [4.78, 5) is 11.2. The number of ketones is 1. The summed E-state index contributed by atoms with van der Waals surface area (Å²) in [5.74, 6) is 1.51. The predicted molar refractivity (Wildman–Crippen MR) is 85.3 cm³/mol. The van der Waals surface area contributed by atoms with Crippen LogP contribution in [0.5, 0.6) is 0 Å². The van der Waals surface area contributed by atoms with E-state index in [2.05, 4.69) is 6.08 Å². The number of carbonyl (C=O) groups excluding carboxylic acids is 1. The number of hydrogen-bond acceptors (Lipinski definition) is 4. The first-order chi connectivity index (χ1) is 10.0. The van der Waals surface area contributed by atoms with Crippen molar-refractivity contribution >= 4 is 13.4 Å². The zero-order valence-electron chi connectivity index (χ0n) is 13.1. The lowest BCUT2D eigenvalue weighted by molar-refractivity contribution is -0.112. The maximum Gasteiger partial charge on any atom is 0.354 e. The molecule has 0 aromatic rings. The minimum Gasteiger partial charge on any atom is -0.306 e. The van der Waals surface area contributed by atoms with Gasteiger partial charge in [0.25, 0.3) is 0 Å². The largest absolute Gasteiger partial charge is 0.354 e. The first-order valence-electron chi connectivity index (χ1n) is 7.50. The van der Waals surface area contributed by atoms with Crippen LogP contribution < -0.4 is 0 Å². The highest BCUT2D eigenvalue weighted by molar-refractivity contribution is 7.57. The molecule has 118 valence electrons. The van der Waals surface area contributed by atoms with E-state index in [-0.39, 0.29) is 5.78 Å². The normalized spacial score (nSPS) is 17.1. The van der Waals surface area contributed by atoms with Crippen molar-refractivity contribution in [2.45, 2.75) is 46.5 Å². The third-order valence-electron chi connectivity index (χ3n) is 3.07. The second-order valence-electron chi connectivity index (χ2n) is 4.88. The van der Waals surface area contributed by atoms with Gasteiger partial charge in [-0.1, -0.05) is 12.2 Å². The molecule has 0 aromatic heterocycles. The summed E-state index contributed by atoms with van der Waals surface area (Å²) in [6.07, 6.45) is 9.54. The molecule has 0 heterocycles. The van der Waals surface area contributed by atoms with Crippen LogP contribution in [0.3, 0.4) is 0 Å². The number of carbonyl (C=O) groups is 1. The Morgan fingerprint density at radius 1 is 1.24 bits per heavy atom. The van der Waals surface area contributed by atoms with Crippen molar-refractivity contribution in [2.24, 2.45) is 0 Å². The van der Waals surface area contributed by atoms with E-state index in [1.807, 2.05) is 0 Å². The van der Waals surface area contributed by atoms with Crippen LogP contribution >= 0.6 is 7.60 Å². The van der Waals surface area contributed by atoms with E-state index >= 15 is 0 Å². The molecule has 0 saturated heterocycles. The molecule has 5 heteroatoms. The summed E-state index contributed by atoms with van der Waals surface area (Å²) in [6, 6.07) is 0. The molecule has 0 fully saturated rings. The average molecular weight is 312 g/mol. The highest BCUT2D eigenvalue weighted by atomic mass is 31.2. The Bertz CT molecular complexity index is 479. The van der Waals surface area contributed by atoms with Crippen LogP contribution in [0.2, 0.25) is 0 Å². The molecule has 0 aliphatic heterocycles. The average Bonchev–Trinajstić information content (AvgIpc) is 2.45. The van der Waals surface area contributed by atoms with Gasteiger partial charge in [0, 0.05) is 5.82 Å². The fourth-order valence-electron chi connectivity index (χ4n) is 2.18. The number of hydrogen-bond donors (Lipinski definition) is 0. The number of allylic oxidation sites excluding steroid dienone is 5. The molecule has 0 aromatic carbocycles. The molecule has 0 unspecified atom stereocenters. The Hall–Kier alpha value is -0.960. The molecule has 21 heavy (non-hydrogen) atoms. The lowest BCUT2D eigenvalue weighted by Gasteiger charge is -2.18. The van der Waals surface area contributed by atoms with Gasteiger partial charge in [-0.3, -0.25) is 9.36 Å². The molecule has 1 aliphatic rings. The van der Waals surface area contributed by atoms with Gasteiger partial charge in [-0.15, -0.1) is 0 Å². The van der Waals surface area contributed by atoms with E-state index in [1.165, 1.54) is 19.4 Å². The Balaban J connectivity index is 3.13. The van der Waals surface area contributed by atoms with Crippen LogP contribution in [-0.4, -0.2) is 19.0 Å². The second-order valence-corrected chi connectivity index (χ2v) is 6.73. The van der Waals surface area contributed by atoms with Crippen molar-refractivity contribution < 1.29 is 18.4 Å². The SMILES string of the molecule is CCOP(=O)(/C=C(/C=C/C(C)=O)C1=CCCCC1)OCC. The third-order valence-corrected chi connectivity index (χ3v) is 4.91. The van der Waals surface area contributed by atoms with Crippen molar-refractivity contribution in [3.8, 4) is 0 Å². The van der Waals surface area contributed by atoms with Crippen LogP contribution in [-0.2, 0) is 18.4 Å². The molecule has 4 nitrogen and oxygen atoms in total. The summed E-state index contributed by atoms with van der Waals surface area (Å²) >= 11 is 0. The van der Waals surface area contributed by atoms with E-state index in [1.54, 1.807) is 25.7 Å². The summed E-state index contributed by atoms with van der Waals surface area (Å²) in [7, 11) is -3.27. The van der Waals surface area contributed by atoms with Crippen molar-refractivity contribution in [1.82, 2.24) is 0 Å². The van der Waals surface area contributed by atoms with Crippen LogP contribution in [0.4, 0.5) is 0 Å². The van der Waals surface area contributed by atoms with Crippen LogP contribution in [0, 0.1) is 0 Å². The molecule has 0 spiro atoms. The Kier molecular flexibility index (Phi) is 7.87. The molecule has 0 saturated carbocycles. The predicted octanol–water partition coefficient (Wildman–Crippen LogP) is 4.78. The van der Waals surface area contributed by atoms with Gasteiger partial charge in [0.15, 0.2) is 5.78 Å². The van der Waals surface area contributed by atoms with Gasteiger partial charge >= 0.3 is 7.60 Å². The first kappa shape index (κ1) is 18.1. The lowest BCUT2D eigenvalue weighted by Crippen LogP contribution is -1.98. The Morgan fingerprint density at radius 2 is 1.90 bits per heavy atom. The Labute approximate surface area is 127 Å². The van der Waals surface area contributed by atoms with Gasteiger partial charge in [-0.25, -0.2) is 0 Å². The quantitative estimate of drug-likeness (QED) is 0.367. The molecule has 0 bridgehead atoms. The maximum absolute atomic E-state index is 12.6. The molecule has 0 radical (unpaired) electrons. The molecule has 1 rings (SSSR count). The van der Waals surface area contributed by atoms with Gasteiger partial charge in [-0.2, -0.15) is 0 Å². The molecule has 1 aliphatic carbocycles. The van der Waals surface area contributed by atoms with E-state index in [9.17, 15) is 9.36 Å². The summed E-state index contributed by atoms with van der Waals surface area (Å²) in [5.41, 5.74) is 1.88. The molecule has 0 amide bonds. The highest BCUT2D eigenvalue weighted by Crippen LogP contribution is 2.51. The van der Waals surface area contributed by atoms with Crippen LogP contribution in [0.25, 0.3) is 0 Å². The molecule has 0 N–H and O–H groups in total. The van der Waals surface area contributed by atoms with E-state index < -0.39 is 7.60 Å². The maximum atomic E-state index is 12.6. The fourth-order valence-corrected chi connectivity index (χ4v) is 3.72. The van der Waals surface area contributed by atoms with E-state index in [4.69, 9.17) is 9.05 Å².